The minimum absolute atomic E-state index is 0.305. The van der Waals surface area contributed by atoms with Crippen LogP contribution in [0.1, 0.15) is 19.2 Å². The van der Waals surface area contributed by atoms with Crippen molar-refractivity contribution in [2.24, 2.45) is 0 Å². The van der Waals surface area contributed by atoms with E-state index in [1.807, 2.05) is 0 Å². The van der Waals surface area contributed by atoms with Gasteiger partial charge in [0.05, 0.1) is 6.10 Å². The predicted molar refractivity (Wildman–Crippen MR) is 72.1 cm³/mol. The maximum atomic E-state index is 11.6. The van der Waals surface area contributed by atoms with Crippen LogP contribution < -0.4 is 10.6 Å². The lowest BCUT2D eigenvalue weighted by Crippen LogP contribution is -2.30. The van der Waals surface area contributed by atoms with Gasteiger partial charge in [0.2, 0.25) is 0 Å². The van der Waals surface area contributed by atoms with Crippen molar-refractivity contribution >= 4 is 22.8 Å². The molecule has 0 aliphatic heterocycles. The van der Waals surface area contributed by atoms with Crippen molar-refractivity contribution < 1.29 is 14.3 Å². The Labute approximate surface area is 110 Å². The molecule has 0 aliphatic carbocycles. The summed E-state index contributed by atoms with van der Waals surface area (Å²) in [6, 6.07) is 4.96. The van der Waals surface area contributed by atoms with E-state index in [2.05, 4.69) is 15.6 Å². The zero-order valence-corrected chi connectivity index (χ0v) is 10.9. The molecule has 1 aromatic carbocycles. The Kier molecular flexibility index (Phi) is 4.01. The molecule has 2 rings (SSSR count). The lowest BCUT2D eigenvalue weighted by molar-refractivity contribution is 0.184. The number of aromatic nitrogens is 1. The van der Waals surface area contributed by atoms with Crippen molar-refractivity contribution in [2.45, 2.75) is 26.4 Å². The lowest BCUT2D eigenvalue weighted by atomic mass is 10.3. The molecule has 0 saturated carbocycles. The normalized spacial score (nSPS) is 12.4. The highest BCUT2D eigenvalue weighted by Crippen LogP contribution is 2.19. The number of fused-ring (bicyclic) bond motifs is 1. The molecule has 0 aliphatic rings. The Morgan fingerprint density at radius 2 is 2.32 bits per heavy atom. The summed E-state index contributed by atoms with van der Waals surface area (Å²) < 4.78 is 5.35. The van der Waals surface area contributed by atoms with E-state index in [9.17, 15) is 4.79 Å². The number of hydrogen-bond acceptors (Lipinski definition) is 4. The van der Waals surface area contributed by atoms with Crippen LogP contribution in [0.5, 0.6) is 0 Å². The molecule has 0 radical (unpaired) electrons. The van der Waals surface area contributed by atoms with Gasteiger partial charge < -0.3 is 20.2 Å². The van der Waals surface area contributed by atoms with E-state index < -0.39 is 6.10 Å². The molecule has 19 heavy (non-hydrogen) atoms. The number of rotatable bonds is 4. The standard InChI is InChI=1S/C13H17N3O3/c1-8(17)5-6-14-13(18)16-10-3-4-12-11(7-10)15-9(2)19-12/h3-4,7-8,17H,5-6H2,1-2H3,(H2,14,16,18). The molecule has 3 N–H and O–H groups in total. The summed E-state index contributed by atoms with van der Waals surface area (Å²) in [5, 5.41) is 14.5. The number of anilines is 1. The maximum Gasteiger partial charge on any atom is 0.319 e. The molecule has 6 heteroatoms. The number of aliphatic hydroxyl groups is 1. The van der Waals surface area contributed by atoms with Crippen LogP contribution in [0.4, 0.5) is 10.5 Å². The Bertz CT molecular complexity index is 578. The minimum atomic E-state index is -0.422. The van der Waals surface area contributed by atoms with E-state index in [4.69, 9.17) is 9.52 Å². The third-order valence-electron chi connectivity index (χ3n) is 2.60. The van der Waals surface area contributed by atoms with Crippen molar-refractivity contribution in [2.75, 3.05) is 11.9 Å². The number of nitrogens with zero attached hydrogens (tertiary/aromatic N) is 1. The van der Waals surface area contributed by atoms with Crippen LogP contribution in [-0.4, -0.2) is 28.8 Å². The quantitative estimate of drug-likeness (QED) is 0.787. The highest BCUT2D eigenvalue weighted by Gasteiger charge is 2.06. The molecule has 2 amide bonds. The average Bonchev–Trinajstić information content (AvgIpc) is 2.67. The van der Waals surface area contributed by atoms with Gasteiger partial charge in [-0.25, -0.2) is 9.78 Å². The number of benzene rings is 1. The summed E-state index contributed by atoms with van der Waals surface area (Å²) in [7, 11) is 0. The number of carbonyl (C=O) groups excluding carboxylic acids is 1. The van der Waals surface area contributed by atoms with E-state index >= 15 is 0 Å². The summed E-state index contributed by atoms with van der Waals surface area (Å²) >= 11 is 0. The first-order valence-corrected chi connectivity index (χ1v) is 6.14. The Morgan fingerprint density at radius 1 is 1.53 bits per heavy atom. The first kappa shape index (κ1) is 13.4. The van der Waals surface area contributed by atoms with Gasteiger partial charge in [0, 0.05) is 19.2 Å². The maximum absolute atomic E-state index is 11.6. The lowest BCUT2D eigenvalue weighted by Gasteiger charge is -2.08. The molecule has 102 valence electrons. The highest BCUT2D eigenvalue weighted by atomic mass is 16.3. The zero-order valence-electron chi connectivity index (χ0n) is 10.9. The van der Waals surface area contributed by atoms with E-state index in [-0.39, 0.29) is 6.03 Å². The summed E-state index contributed by atoms with van der Waals surface area (Å²) in [6.07, 6.45) is 0.101. The fourth-order valence-electron chi connectivity index (χ4n) is 1.69. The van der Waals surface area contributed by atoms with Gasteiger partial charge in [0.15, 0.2) is 11.5 Å². The SMILES string of the molecule is Cc1nc2cc(NC(=O)NCCC(C)O)ccc2o1. The van der Waals surface area contributed by atoms with Crippen molar-refractivity contribution in [1.82, 2.24) is 10.3 Å². The Hall–Kier alpha value is -2.08. The molecule has 1 aromatic heterocycles. The van der Waals surface area contributed by atoms with Gasteiger partial charge in [-0.3, -0.25) is 0 Å². The third-order valence-corrected chi connectivity index (χ3v) is 2.60. The van der Waals surface area contributed by atoms with Gasteiger partial charge in [-0.15, -0.1) is 0 Å². The van der Waals surface area contributed by atoms with Gasteiger partial charge in [-0.2, -0.15) is 0 Å². The zero-order chi connectivity index (χ0) is 13.8. The van der Waals surface area contributed by atoms with E-state index in [1.165, 1.54) is 0 Å². The van der Waals surface area contributed by atoms with Crippen LogP contribution in [0.2, 0.25) is 0 Å². The van der Waals surface area contributed by atoms with Crippen LogP contribution in [0.3, 0.4) is 0 Å². The second kappa shape index (κ2) is 5.71. The summed E-state index contributed by atoms with van der Waals surface area (Å²) in [5.74, 6) is 0.591. The van der Waals surface area contributed by atoms with Crippen molar-refractivity contribution in [3.05, 3.63) is 24.1 Å². The number of hydrogen-bond donors (Lipinski definition) is 3. The Balaban J connectivity index is 1.95. The number of aliphatic hydroxyl groups excluding tert-OH is 1. The molecule has 0 fully saturated rings. The van der Waals surface area contributed by atoms with Gasteiger partial charge in [-0.1, -0.05) is 0 Å². The number of amides is 2. The largest absolute Gasteiger partial charge is 0.441 e. The molecule has 1 heterocycles. The van der Waals surface area contributed by atoms with Gasteiger partial charge in [0.1, 0.15) is 5.52 Å². The second-order valence-electron chi connectivity index (χ2n) is 4.43. The van der Waals surface area contributed by atoms with Gasteiger partial charge in [0.25, 0.3) is 0 Å². The molecular formula is C13H17N3O3. The smallest absolute Gasteiger partial charge is 0.319 e. The van der Waals surface area contributed by atoms with Crippen molar-refractivity contribution in [1.29, 1.82) is 0 Å². The predicted octanol–water partition coefficient (Wildman–Crippen LogP) is 2.03. The molecule has 0 saturated heterocycles. The van der Waals surface area contributed by atoms with Crippen LogP contribution in [0.15, 0.2) is 22.6 Å². The summed E-state index contributed by atoms with van der Waals surface area (Å²) in [5.41, 5.74) is 2.05. The molecule has 6 nitrogen and oxygen atoms in total. The number of urea groups is 1. The van der Waals surface area contributed by atoms with E-state index in [0.29, 0.717) is 35.6 Å². The molecule has 0 bridgehead atoms. The highest BCUT2D eigenvalue weighted by molar-refractivity contribution is 5.91. The first-order valence-electron chi connectivity index (χ1n) is 6.14. The molecular weight excluding hydrogens is 246 g/mol. The number of nitrogens with one attached hydrogen (secondary N) is 2. The summed E-state index contributed by atoms with van der Waals surface area (Å²) in [4.78, 5) is 15.8. The van der Waals surface area contributed by atoms with Gasteiger partial charge in [-0.05, 0) is 31.5 Å². The molecule has 1 atom stereocenters. The fraction of sp³-hybridized carbons (Fsp3) is 0.385. The monoisotopic (exact) mass is 263 g/mol. The molecule has 2 aromatic rings. The molecule has 0 spiro atoms. The fourth-order valence-corrected chi connectivity index (χ4v) is 1.69. The van der Waals surface area contributed by atoms with Crippen LogP contribution in [0.25, 0.3) is 11.1 Å². The number of aryl methyl sites for hydroxylation is 1. The Morgan fingerprint density at radius 3 is 3.05 bits per heavy atom. The second-order valence-corrected chi connectivity index (χ2v) is 4.43. The van der Waals surface area contributed by atoms with E-state index in [1.54, 1.807) is 32.0 Å². The number of carbonyl (C=O) groups is 1. The summed E-state index contributed by atoms with van der Waals surface area (Å²) in [6.45, 7) is 3.88. The molecule has 1 unspecified atom stereocenters. The van der Waals surface area contributed by atoms with Crippen molar-refractivity contribution in [3.8, 4) is 0 Å². The average molecular weight is 263 g/mol. The van der Waals surface area contributed by atoms with E-state index in [0.717, 1.165) is 0 Å². The van der Waals surface area contributed by atoms with Crippen LogP contribution in [-0.2, 0) is 0 Å². The number of oxazole rings is 1. The first-order chi connectivity index (χ1) is 9.04. The van der Waals surface area contributed by atoms with Crippen LogP contribution >= 0.6 is 0 Å². The minimum Gasteiger partial charge on any atom is -0.441 e. The van der Waals surface area contributed by atoms with Crippen LogP contribution in [0, 0.1) is 6.92 Å². The topological polar surface area (TPSA) is 87.4 Å². The third kappa shape index (κ3) is 3.69. The van der Waals surface area contributed by atoms with Crippen molar-refractivity contribution in [3.63, 3.8) is 0 Å². The van der Waals surface area contributed by atoms with Gasteiger partial charge >= 0.3 is 6.03 Å².